The zero-order valence-electron chi connectivity index (χ0n) is 17.8. The van der Waals surface area contributed by atoms with Crippen LogP contribution in [0.2, 0.25) is 0 Å². The van der Waals surface area contributed by atoms with Crippen molar-refractivity contribution in [2.75, 3.05) is 26.7 Å². The maximum absolute atomic E-state index is 11.9. The van der Waals surface area contributed by atoms with Crippen molar-refractivity contribution < 1.29 is 14.3 Å². The molecule has 2 heterocycles. The molecule has 0 aliphatic carbocycles. The lowest BCUT2D eigenvalue weighted by Crippen LogP contribution is -2.38. The third-order valence-electron chi connectivity index (χ3n) is 4.73. The largest absolute Gasteiger partial charge is 0.494 e. The number of amides is 1. The Kier molecular flexibility index (Phi) is 7.96. The molecule has 30 heavy (non-hydrogen) atoms. The van der Waals surface area contributed by atoms with Gasteiger partial charge in [-0.05, 0) is 43.8 Å². The molecule has 1 aromatic carbocycles. The van der Waals surface area contributed by atoms with Crippen LogP contribution in [0.1, 0.15) is 41.1 Å². The molecule has 2 aromatic rings. The molecule has 1 unspecified atom stereocenters. The van der Waals surface area contributed by atoms with E-state index in [1.165, 1.54) is 16.9 Å². The average Bonchev–Trinajstić information content (AvgIpc) is 3.39. The van der Waals surface area contributed by atoms with E-state index in [1.54, 1.807) is 7.05 Å². The molecule has 1 aromatic heterocycles. The van der Waals surface area contributed by atoms with Crippen molar-refractivity contribution in [2.45, 2.75) is 39.3 Å². The SMILES string of the molecule is CCOc1cc2c(cc1CNC(=NC)NCCCNC(=O)c1cccs1)OC(C)C2. The van der Waals surface area contributed by atoms with E-state index in [0.717, 1.165) is 34.8 Å². The molecule has 0 saturated carbocycles. The lowest BCUT2D eigenvalue weighted by atomic mass is 10.1. The van der Waals surface area contributed by atoms with Gasteiger partial charge in [0, 0.05) is 44.2 Å². The van der Waals surface area contributed by atoms with Crippen LogP contribution in [-0.2, 0) is 13.0 Å². The molecule has 1 amide bonds. The number of fused-ring (bicyclic) bond motifs is 1. The van der Waals surface area contributed by atoms with Gasteiger partial charge in [-0.3, -0.25) is 9.79 Å². The first-order chi connectivity index (χ1) is 14.6. The number of guanidine groups is 1. The first-order valence-electron chi connectivity index (χ1n) is 10.3. The summed E-state index contributed by atoms with van der Waals surface area (Å²) in [5.74, 6) is 2.50. The molecule has 0 radical (unpaired) electrons. The molecule has 1 atom stereocenters. The Morgan fingerprint density at radius 1 is 1.30 bits per heavy atom. The Balaban J connectivity index is 1.45. The zero-order valence-corrected chi connectivity index (χ0v) is 18.6. The van der Waals surface area contributed by atoms with Crippen LogP contribution < -0.4 is 25.4 Å². The molecule has 7 nitrogen and oxygen atoms in total. The van der Waals surface area contributed by atoms with Crippen LogP contribution in [0.3, 0.4) is 0 Å². The van der Waals surface area contributed by atoms with Gasteiger partial charge in [-0.2, -0.15) is 0 Å². The van der Waals surface area contributed by atoms with E-state index in [9.17, 15) is 4.79 Å². The van der Waals surface area contributed by atoms with Gasteiger partial charge in [0.2, 0.25) is 0 Å². The minimum Gasteiger partial charge on any atom is -0.494 e. The van der Waals surface area contributed by atoms with Crippen molar-refractivity contribution in [3.05, 3.63) is 45.6 Å². The summed E-state index contributed by atoms with van der Waals surface area (Å²) < 4.78 is 11.7. The van der Waals surface area contributed by atoms with Crippen molar-refractivity contribution >= 4 is 23.2 Å². The highest BCUT2D eigenvalue weighted by molar-refractivity contribution is 7.12. The second-order valence-corrected chi connectivity index (χ2v) is 8.02. The number of thiophene rings is 1. The van der Waals surface area contributed by atoms with Crippen LogP contribution in [0.5, 0.6) is 11.5 Å². The van der Waals surface area contributed by atoms with Gasteiger partial charge in [-0.25, -0.2) is 0 Å². The maximum atomic E-state index is 11.9. The van der Waals surface area contributed by atoms with E-state index in [0.29, 0.717) is 32.2 Å². The molecule has 1 aliphatic rings. The Labute approximate surface area is 181 Å². The van der Waals surface area contributed by atoms with Crippen molar-refractivity contribution in [1.82, 2.24) is 16.0 Å². The molecule has 3 rings (SSSR count). The van der Waals surface area contributed by atoms with E-state index < -0.39 is 0 Å². The summed E-state index contributed by atoms with van der Waals surface area (Å²) in [6.07, 6.45) is 1.91. The lowest BCUT2D eigenvalue weighted by Gasteiger charge is -2.16. The summed E-state index contributed by atoms with van der Waals surface area (Å²) in [6.45, 7) is 6.57. The number of carbonyl (C=O) groups is 1. The van der Waals surface area contributed by atoms with Crippen molar-refractivity contribution in [2.24, 2.45) is 4.99 Å². The second kappa shape index (κ2) is 10.9. The first kappa shape index (κ1) is 22.0. The van der Waals surface area contributed by atoms with E-state index in [4.69, 9.17) is 9.47 Å². The van der Waals surface area contributed by atoms with Crippen molar-refractivity contribution in [3.8, 4) is 11.5 Å². The number of carbonyl (C=O) groups excluding carboxylic acids is 1. The number of hydrogen-bond donors (Lipinski definition) is 3. The van der Waals surface area contributed by atoms with Gasteiger partial charge >= 0.3 is 0 Å². The van der Waals surface area contributed by atoms with Gasteiger partial charge in [0.1, 0.15) is 17.6 Å². The van der Waals surface area contributed by atoms with Crippen LogP contribution in [0, 0.1) is 0 Å². The van der Waals surface area contributed by atoms with Crippen LogP contribution in [0.15, 0.2) is 34.6 Å². The van der Waals surface area contributed by atoms with Crippen LogP contribution in [0.25, 0.3) is 0 Å². The molecular weight excluding hydrogens is 400 g/mol. The monoisotopic (exact) mass is 430 g/mol. The second-order valence-electron chi connectivity index (χ2n) is 7.07. The third kappa shape index (κ3) is 5.89. The molecule has 8 heteroatoms. The highest BCUT2D eigenvalue weighted by atomic mass is 32.1. The number of aliphatic imine (C=N–C) groups is 1. The summed E-state index contributed by atoms with van der Waals surface area (Å²) in [7, 11) is 1.74. The zero-order chi connectivity index (χ0) is 21.3. The first-order valence-corrected chi connectivity index (χ1v) is 11.2. The summed E-state index contributed by atoms with van der Waals surface area (Å²) in [5.41, 5.74) is 2.23. The number of hydrogen-bond acceptors (Lipinski definition) is 5. The van der Waals surface area contributed by atoms with Crippen LogP contribution in [0.4, 0.5) is 0 Å². The highest BCUT2D eigenvalue weighted by Gasteiger charge is 2.21. The number of benzene rings is 1. The van der Waals surface area contributed by atoms with Gasteiger partial charge in [0.15, 0.2) is 5.96 Å². The van der Waals surface area contributed by atoms with Gasteiger partial charge < -0.3 is 25.4 Å². The molecular formula is C22H30N4O3S. The fourth-order valence-corrected chi connectivity index (χ4v) is 3.94. The summed E-state index contributed by atoms with van der Waals surface area (Å²) in [4.78, 5) is 16.9. The number of rotatable bonds is 9. The summed E-state index contributed by atoms with van der Waals surface area (Å²) >= 11 is 1.44. The highest BCUT2D eigenvalue weighted by Crippen LogP contribution is 2.35. The fourth-order valence-electron chi connectivity index (χ4n) is 3.30. The Bertz CT molecular complexity index is 868. The van der Waals surface area contributed by atoms with E-state index >= 15 is 0 Å². The third-order valence-corrected chi connectivity index (χ3v) is 5.59. The summed E-state index contributed by atoms with van der Waals surface area (Å²) in [5, 5.41) is 11.4. The average molecular weight is 431 g/mol. The Morgan fingerprint density at radius 3 is 2.87 bits per heavy atom. The lowest BCUT2D eigenvalue weighted by molar-refractivity contribution is 0.0957. The van der Waals surface area contributed by atoms with Crippen molar-refractivity contribution in [1.29, 1.82) is 0 Å². The molecule has 0 fully saturated rings. The standard InChI is InChI=1S/C22H30N4O3S/c1-4-28-18-12-16-11-15(2)29-19(16)13-17(18)14-26-22(23-3)25-9-6-8-24-21(27)20-7-5-10-30-20/h5,7,10,12-13,15H,4,6,8-9,11,14H2,1-3H3,(H,24,27)(H2,23,25,26). The molecule has 0 saturated heterocycles. The van der Waals surface area contributed by atoms with Gasteiger partial charge in [-0.1, -0.05) is 6.07 Å². The molecule has 1 aliphatic heterocycles. The van der Waals surface area contributed by atoms with E-state index in [1.807, 2.05) is 24.4 Å². The van der Waals surface area contributed by atoms with Crippen LogP contribution >= 0.6 is 11.3 Å². The maximum Gasteiger partial charge on any atom is 0.261 e. The van der Waals surface area contributed by atoms with Crippen molar-refractivity contribution in [3.63, 3.8) is 0 Å². The number of nitrogens with zero attached hydrogens (tertiary/aromatic N) is 1. The van der Waals surface area contributed by atoms with Gasteiger partial charge in [-0.15, -0.1) is 11.3 Å². The number of ether oxygens (including phenoxy) is 2. The normalized spacial score (nSPS) is 15.3. The predicted molar refractivity (Wildman–Crippen MR) is 121 cm³/mol. The molecule has 0 spiro atoms. The molecule has 0 bridgehead atoms. The van der Waals surface area contributed by atoms with Crippen LogP contribution in [-0.4, -0.2) is 44.7 Å². The van der Waals surface area contributed by atoms with E-state index in [2.05, 4.69) is 40.0 Å². The van der Waals surface area contributed by atoms with E-state index in [-0.39, 0.29) is 12.0 Å². The predicted octanol–water partition coefficient (Wildman–Crippen LogP) is 2.96. The quantitative estimate of drug-likeness (QED) is 0.324. The smallest absolute Gasteiger partial charge is 0.261 e. The Hall–Kier alpha value is -2.74. The number of nitrogens with one attached hydrogen (secondary N) is 3. The summed E-state index contributed by atoms with van der Waals surface area (Å²) in [6, 6.07) is 7.85. The minimum atomic E-state index is -0.0240. The molecule has 162 valence electrons. The molecule has 3 N–H and O–H groups in total. The topological polar surface area (TPSA) is 84.0 Å². The fraction of sp³-hybridized carbons (Fsp3) is 0.455. The van der Waals surface area contributed by atoms with Gasteiger partial charge in [0.25, 0.3) is 5.91 Å². The van der Waals surface area contributed by atoms with Gasteiger partial charge in [0.05, 0.1) is 11.5 Å². The minimum absolute atomic E-state index is 0.0240. The Morgan fingerprint density at radius 2 is 2.13 bits per heavy atom.